The molecule has 0 aliphatic rings. The third-order valence-corrected chi connectivity index (χ3v) is 3.89. The van der Waals surface area contributed by atoms with Gasteiger partial charge >= 0.3 is 5.97 Å². The van der Waals surface area contributed by atoms with Crippen LogP contribution in [0.25, 0.3) is 0 Å². The average Bonchev–Trinajstić information content (AvgIpc) is 2.41. The van der Waals surface area contributed by atoms with Crippen molar-refractivity contribution in [2.24, 2.45) is 5.73 Å². The zero-order valence-corrected chi connectivity index (χ0v) is 13.4. The molecule has 0 aromatic carbocycles. The van der Waals surface area contributed by atoms with E-state index in [2.05, 4.69) is 6.92 Å². The Hall–Kier alpha value is -0.570. The Kier molecular flexibility index (Phi) is 14.4. The molecule has 3 N–H and O–H groups in total. The van der Waals surface area contributed by atoms with E-state index in [0.29, 0.717) is 12.5 Å². The van der Waals surface area contributed by atoms with Gasteiger partial charge in [0.05, 0.1) is 0 Å². The molecule has 1 unspecified atom stereocenters. The summed E-state index contributed by atoms with van der Waals surface area (Å²) in [5.74, 6) is -0.687. The van der Waals surface area contributed by atoms with E-state index in [1.807, 2.05) is 0 Å². The van der Waals surface area contributed by atoms with Crippen molar-refractivity contribution in [2.45, 2.75) is 103 Å². The molecule has 0 amide bonds. The number of nitrogens with two attached hydrogens (primary N) is 1. The Morgan fingerprint density at radius 1 is 0.850 bits per heavy atom. The maximum absolute atomic E-state index is 10.4. The molecule has 0 bridgehead atoms. The van der Waals surface area contributed by atoms with Crippen molar-refractivity contribution >= 4 is 5.97 Å². The minimum absolute atomic E-state index is 0.299. The van der Waals surface area contributed by atoms with E-state index in [1.54, 1.807) is 0 Å². The molecule has 1 atom stereocenters. The topological polar surface area (TPSA) is 63.3 Å². The van der Waals surface area contributed by atoms with Gasteiger partial charge in [-0.2, -0.15) is 0 Å². The highest BCUT2D eigenvalue weighted by atomic mass is 16.4. The summed E-state index contributed by atoms with van der Waals surface area (Å²) in [5.41, 5.74) is 6.08. The third kappa shape index (κ3) is 15.5. The van der Waals surface area contributed by atoms with E-state index >= 15 is 0 Å². The summed E-state index contributed by atoms with van der Waals surface area (Å²) in [7, 11) is 0. The fourth-order valence-electron chi connectivity index (χ4n) is 2.54. The zero-order chi connectivity index (χ0) is 15.1. The minimum Gasteiger partial charge on any atom is -0.481 e. The summed E-state index contributed by atoms with van der Waals surface area (Å²) in [6.45, 7) is 2.25. The smallest absolute Gasteiger partial charge is 0.303 e. The van der Waals surface area contributed by atoms with E-state index in [1.165, 1.54) is 51.4 Å². The van der Waals surface area contributed by atoms with Crippen molar-refractivity contribution in [3.8, 4) is 0 Å². The predicted octanol–water partition coefficient (Wildman–Crippen LogP) is 4.88. The molecule has 120 valence electrons. The summed E-state index contributed by atoms with van der Waals surface area (Å²) < 4.78 is 0. The predicted molar refractivity (Wildman–Crippen MR) is 85.9 cm³/mol. The van der Waals surface area contributed by atoms with Crippen molar-refractivity contribution in [2.75, 3.05) is 0 Å². The fourth-order valence-corrected chi connectivity index (χ4v) is 2.54. The quantitative estimate of drug-likeness (QED) is 0.421. The van der Waals surface area contributed by atoms with Crippen LogP contribution < -0.4 is 5.73 Å². The van der Waals surface area contributed by atoms with E-state index in [9.17, 15) is 4.79 Å². The molecule has 0 rings (SSSR count). The normalized spacial score (nSPS) is 12.5. The highest BCUT2D eigenvalue weighted by Crippen LogP contribution is 2.12. The standard InChI is InChI=1S/C17H35NO2/c1-2-3-4-5-6-7-8-10-13-16(18)14-11-9-12-15-17(19)20/h16H,2-15,18H2,1H3,(H,19,20). The number of carbonyl (C=O) groups is 1. The number of carboxylic acid groups (broad SMARTS) is 1. The van der Waals surface area contributed by atoms with E-state index in [0.717, 1.165) is 32.1 Å². The molecule has 3 nitrogen and oxygen atoms in total. The average molecular weight is 285 g/mol. The monoisotopic (exact) mass is 285 g/mol. The Morgan fingerprint density at radius 2 is 1.30 bits per heavy atom. The second-order valence-corrected chi connectivity index (χ2v) is 6.02. The Bertz CT molecular complexity index is 219. The van der Waals surface area contributed by atoms with Crippen LogP contribution in [-0.2, 0) is 4.79 Å². The van der Waals surface area contributed by atoms with Gasteiger partial charge in [0, 0.05) is 12.5 Å². The fraction of sp³-hybridized carbons (Fsp3) is 0.941. The molecule has 0 aliphatic heterocycles. The first-order valence-electron chi connectivity index (χ1n) is 8.64. The molecule has 20 heavy (non-hydrogen) atoms. The molecular weight excluding hydrogens is 250 g/mol. The molecule has 0 saturated carbocycles. The summed E-state index contributed by atoms with van der Waals surface area (Å²) >= 11 is 0. The van der Waals surface area contributed by atoms with Gasteiger partial charge in [-0.05, 0) is 19.3 Å². The number of unbranched alkanes of at least 4 members (excludes halogenated alkanes) is 9. The van der Waals surface area contributed by atoms with Gasteiger partial charge in [0.15, 0.2) is 0 Å². The summed E-state index contributed by atoms with van der Waals surface area (Å²) in [6, 6.07) is 0.319. The van der Waals surface area contributed by atoms with Crippen LogP contribution >= 0.6 is 0 Å². The van der Waals surface area contributed by atoms with Crippen molar-refractivity contribution in [1.29, 1.82) is 0 Å². The zero-order valence-electron chi connectivity index (χ0n) is 13.4. The third-order valence-electron chi connectivity index (χ3n) is 3.89. The van der Waals surface area contributed by atoms with Crippen molar-refractivity contribution < 1.29 is 9.90 Å². The maximum Gasteiger partial charge on any atom is 0.303 e. The van der Waals surface area contributed by atoms with Gasteiger partial charge in [0.2, 0.25) is 0 Å². The number of hydrogen-bond acceptors (Lipinski definition) is 2. The molecule has 0 aromatic heterocycles. The molecule has 0 saturated heterocycles. The van der Waals surface area contributed by atoms with Gasteiger partial charge in [-0.3, -0.25) is 4.79 Å². The van der Waals surface area contributed by atoms with Crippen LogP contribution in [0.1, 0.15) is 96.8 Å². The van der Waals surface area contributed by atoms with Crippen molar-refractivity contribution in [3.63, 3.8) is 0 Å². The Balaban J connectivity index is 3.16. The number of hydrogen-bond donors (Lipinski definition) is 2. The Morgan fingerprint density at radius 3 is 1.80 bits per heavy atom. The minimum atomic E-state index is -0.687. The molecule has 0 radical (unpaired) electrons. The summed E-state index contributed by atoms with van der Waals surface area (Å²) in [5, 5.41) is 8.53. The molecule has 0 aromatic rings. The first-order chi connectivity index (χ1) is 9.66. The van der Waals surface area contributed by atoms with Gasteiger partial charge in [0.25, 0.3) is 0 Å². The largest absolute Gasteiger partial charge is 0.481 e. The maximum atomic E-state index is 10.4. The lowest BCUT2D eigenvalue weighted by molar-refractivity contribution is -0.137. The van der Waals surface area contributed by atoms with Gasteiger partial charge in [-0.25, -0.2) is 0 Å². The highest BCUT2D eigenvalue weighted by Gasteiger charge is 2.03. The summed E-state index contributed by atoms with van der Waals surface area (Å²) in [4.78, 5) is 10.4. The molecule has 0 fully saturated rings. The van der Waals surface area contributed by atoms with Crippen molar-refractivity contribution in [3.05, 3.63) is 0 Å². The van der Waals surface area contributed by atoms with E-state index in [-0.39, 0.29) is 0 Å². The van der Waals surface area contributed by atoms with Gasteiger partial charge in [0.1, 0.15) is 0 Å². The summed E-state index contributed by atoms with van der Waals surface area (Å²) in [6.07, 6.45) is 16.1. The molecule has 0 aliphatic carbocycles. The number of aliphatic carboxylic acids is 1. The van der Waals surface area contributed by atoms with Crippen LogP contribution in [0, 0.1) is 0 Å². The molecular formula is C17H35NO2. The van der Waals surface area contributed by atoms with Crippen LogP contribution in [0.3, 0.4) is 0 Å². The van der Waals surface area contributed by atoms with E-state index < -0.39 is 5.97 Å². The highest BCUT2D eigenvalue weighted by molar-refractivity contribution is 5.66. The lowest BCUT2D eigenvalue weighted by Crippen LogP contribution is -2.19. The van der Waals surface area contributed by atoms with Crippen molar-refractivity contribution in [1.82, 2.24) is 0 Å². The van der Waals surface area contributed by atoms with E-state index in [4.69, 9.17) is 10.8 Å². The number of carboxylic acids is 1. The lowest BCUT2D eigenvalue weighted by Gasteiger charge is -2.11. The molecule has 0 heterocycles. The molecule has 0 spiro atoms. The number of rotatable bonds is 15. The SMILES string of the molecule is CCCCCCCCCCC(N)CCCCCC(=O)O. The van der Waals surface area contributed by atoms with Crippen LogP contribution in [-0.4, -0.2) is 17.1 Å². The Labute approximate surface area is 125 Å². The second kappa shape index (κ2) is 14.8. The first kappa shape index (κ1) is 19.4. The van der Waals surface area contributed by atoms with Crippen LogP contribution in [0.5, 0.6) is 0 Å². The molecule has 3 heteroatoms. The lowest BCUT2D eigenvalue weighted by atomic mass is 10.0. The van der Waals surface area contributed by atoms with Gasteiger partial charge in [-0.15, -0.1) is 0 Å². The second-order valence-electron chi connectivity index (χ2n) is 6.02. The van der Waals surface area contributed by atoms with Gasteiger partial charge < -0.3 is 10.8 Å². The first-order valence-corrected chi connectivity index (χ1v) is 8.64. The van der Waals surface area contributed by atoms with Crippen LogP contribution in [0.15, 0.2) is 0 Å². The van der Waals surface area contributed by atoms with Crippen LogP contribution in [0.2, 0.25) is 0 Å². The van der Waals surface area contributed by atoms with Crippen LogP contribution in [0.4, 0.5) is 0 Å². The van der Waals surface area contributed by atoms with Gasteiger partial charge in [-0.1, -0.05) is 71.1 Å².